The third-order valence-electron chi connectivity index (χ3n) is 7.21. The maximum atomic E-state index is 13.8. The summed E-state index contributed by atoms with van der Waals surface area (Å²) in [6.07, 6.45) is -2.53. The first kappa shape index (κ1) is 34.6. The average Bonchev–Trinajstić information content (AvgIpc) is 3.85. The topological polar surface area (TPSA) is 88.1 Å². The molecule has 0 saturated heterocycles. The van der Waals surface area contributed by atoms with Crippen molar-refractivity contribution in [2.24, 2.45) is 0 Å². The summed E-state index contributed by atoms with van der Waals surface area (Å²) in [5.41, 5.74) is 1.45. The van der Waals surface area contributed by atoms with E-state index in [0.717, 1.165) is 30.0 Å². The first-order valence-electron chi connectivity index (χ1n) is 14.1. The largest absolute Gasteiger partial charge is 0.490 e. The van der Waals surface area contributed by atoms with Gasteiger partial charge in [-0.25, -0.2) is 13.2 Å². The van der Waals surface area contributed by atoms with E-state index >= 15 is 0 Å². The van der Waals surface area contributed by atoms with E-state index < -0.39 is 40.0 Å². The number of halogens is 7. The third kappa shape index (κ3) is 8.73. The lowest BCUT2D eigenvalue weighted by Crippen LogP contribution is -2.39. The highest BCUT2D eigenvalue weighted by atomic mass is 35.5. The molecule has 1 heterocycles. The van der Waals surface area contributed by atoms with Crippen LogP contribution in [0.1, 0.15) is 36.0 Å². The van der Waals surface area contributed by atoms with Crippen LogP contribution in [-0.2, 0) is 22.3 Å². The number of carbonyl (C=O) groups is 2. The van der Waals surface area contributed by atoms with Crippen molar-refractivity contribution < 1.29 is 50.5 Å². The fourth-order valence-electron chi connectivity index (χ4n) is 4.96. The highest BCUT2D eigenvalue weighted by molar-refractivity contribution is 6.32. The van der Waals surface area contributed by atoms with E-state index in [1.807, 2.05) is 0 Å². The Balaban J connectivity index is 0.00000154. The van der Waals surface area contributed by atoms with Crippen molar-refractivity contribution in [3.63, 3.8) is 0 Å². The van der Waals surface area contributed by atoms with Crippen molar-refractivity contribution in [1.29, 1.82) is 0 Å². The van der Waals surface area contributed by atoms with Gasteiger partial charge in [-0.3, -0.25) is 9.59 Å². The van der Waals surface area contributed by atoms with Crippen LogP contribution in [0.15, 0.2) is 60.2 Å². The summed E-state index contributed by atoms with van der Waals surface area (Å²) in [7, 11) is 0. The monoisotopic (exact) mass is 670 g/mol. The first-order chi connectivity index (χ1) is 21.9. The molecular formula is C32H29ClF6N2O5. The molecule has 5 rings (SSSR count). The van der Waals surface area contributed by atoms with Crippen LogP contribution in [0.5, 0.6) is 11.5 Å². The van der Waals surface area contributed by atoms with Crippen LogP contribution in [0.25, 0.3) is 5.57 Å². The lowest BCUT2D eigenvalue weighted by Gasteiger charge is -2.29. The normalized spacial score (nSPS) is 14.7. The van der Waals surface area contributed by atoms with Gasteiger partial charge >= 0.3 is 6.18 Å². The van der Waals surface area contributed by atoms with Gasteiger partial charge in [0.25, 0.3) is 12.4 Å². The molecule has 1 aliphatic heterocycles. The number of alkyl halides is 3. The van der Waals surface area contributed by atoms with Gasteiger partial charge in [0.2, 0.25) is 0 Å². The average molecular weight is 671 g/mol. The Kier molecular flexibility index (Phi) is 11.6. The quantitative estimate of drug-likeness (QED) is 0.139. The Labute approximate surface area is 265 Å². The summed E-state index contributed by atoms with van der Waals surface area (Å²) in [5.74, 6) is -3.84. The molecule has 1 aliphatic carbocycles. The van der Waals surface area contributed by atoms with Crippen LogP contribution in [-0.4, -0.2) is 54.7 Å². The molecule has 46 heavy (non-hydrogen) atoms. The van der Waals surface area contributed by atoms with Crippen LogP contribution >= 0.6 is 11.6 Å². The summed E-state index contributed by atoms with van der Waals surface area (Å²) in [4.78, 5) is 23.8. The molecular weight excluding hydrogens is 642 g/mol. The van der Waals surface area contributed by atoms with Gasteiger partial charge in [-0.2, -0.15) is 13.2 Å². The molecule has 3 aromatic rings. The van der Waals surface area contributed by atoms with Crippen LogP contribution in [0, 0.1) is 17.5 Å². The van der Waals surface area contributed by atoms with Gasteiger partial charge in [-0.15, -0.1) is 0 Å². The summed E-state index contributed by atoms with van der Waals surface area (Å²) in [6.45, 7) is 0.425. The maximum absolute atomic E-state index is 13.8. The second-order valence-electron chi connectivity index (χ2n) is 10.3. The molecule has 2 N–H and O–H groups in total. The SMILES string of the molecule is O=C(C1=C(c2ccc(OCCOc3c(F)cc(F)cc3F)cc2)CCNC1)N(Cc1cccc(C(F)(F)F)c1Cl)C1CC1.O=CO. The van der Waals surface area contributed by atoms with E-state index in [0.29, 0.717) is 43.0 Å². The van der Waals surface area contributed by atoms with E-state index in [1.165, 1.54) is 12.1 Å². The minimum atomic E-state index is -4.61. The molecule has 1 fully saturated rings. The van der Waals surface area contributed by atoms with Crippen molar-refractivity contribution in [3.8, 4) is 11.5 Å². The molecule has 0 bridgehead atoms. The van der Waals surface area contributed by atoms with Gasteiger partial charge in [-0.1, -0.05) is 35.9 Å². The predicted octanol–water partition coefficient (Wildman–Crippen LogP) is 6.87. The number of carboxylic acid groups (broad SMARTS) is 1. The molecule has 246 valence electrons. The van der Waals surface area contributed by atoms with Crippen molar-refractivity contribution in [1.82, 2.24) is 10.2 Å². The molecule has 3 aromatic carbocycles. The van der Waals surface area contributed by atoms with Crippen molar-refractivity contribution in [2.45, 2.75) is 38.0 Å². The number of benzene rings is 3. The smallest absolute Gasteiger partial charge is 0.417 e. The molecule has 0 radical (unpaired) electrons. The number of hydrogen-bond donors (Lipinski definition) is 2. The second kappa shape index (κ2) is 15.4. The van der Waals surface area contributed by atoms with E-state index in [4.69, 9.17) is 31.0 Å². The Hall–Kier alpha value is -4.23. The van der Waals surface area contributed by atoms with Gasteiger partial charge in [0.15, 0.2) is 17.4 Å². The number of ether oxygens (including phenoxy) is 2. The summed E-state index contributed by atoms with van der Waals surface area (Å²) >= 11 is 6.14. The standard InChI is InChI=1S/C31H27ClF6N2O3.CH2O2/c32-28-19(2-1-3-25(28)31(36,37)38)17-40(21-6-7-21)30(41)24-16-39-11-10-23(24)18-4-8-22(9-5-18)42-12-13-43-29-26(34)14-20(33)15-27(29)35;2-1-3/h1-5,8-9,14-15,21,39H,6-7,10-13,16-17H2;1H,(H,2,3). The van der Waals surface area contributed by atoms with Crippen LogP contribution < -0.4 is 14.8 Å². The molecule has 14 heteroatoms. The van der Waals surface area contributed by atoms with Crippen LogP contribution in [0.2, 0.25) is 5.02 Å². The van der Waals surface area contributed by atoms with Gasteiger partial charge in [0, 0.05) is 36.8 Å². The highest BCUT2D eigenvalue weighted by Crippen LogP contribution is 2.39. The van der Waals surface area contributed by atoms with Crippen LogP contribution in [0.3, 0.4) is 0 Å². The Bertz CT molecular complexity index is 1560. The van der Waals surface area contributed by atoms with Crippen molar-refractivity contribution >= 4 is 29.6 Å². The molecule has 1 amide bonds. The predicted molar refractivity (Wildman–Crippen MR) is 157 cm³/mol. The van der Waals surface area contributed by atoms with Gasteiger partial charge in [-0.05, 0) is 60.7 Å². The minimum absolute atomic E-state index is 0.0381. The van der Waals surface area contributed by atoms with E-state index in [1.54, 1.807) is 29.2 Å². The van der Waals surface area contributed by atoms with Crippen molar-refractivity contribution in [2.75, 3.05) is 26.3 Å². The van der Waals surface area contributed by atoms with E-state index in [-0.39, 0.29) is 43.7 Å². The zero-order valence-electron chi connectivity index (χ0n) is 24.2. The van der Waals surface area contributed by atoms with E-state index in [2.05, 4.69) is 5.32 Å². The third-order valence-corrected chi connectivity index (χ3v) is 7.66. The fraction of sp³-hybridized carbons (Fsp3) is 0.312. The fourth-order valence-corrected chi connectivity index (χ4v) is 5.25. The second-order valence-corrected chi connectivity index (χ2v) is 10.7. The van der Waals surface area contributed by atoms with E-state index in [9.17, 15) is 31.1 Å². The Morgan fingerprint density at radius 1 is 1.02 bits per heavy atom. The molecule has 1 saturated carbocycles. The lowest BCUT2D eigenvalue weighted by molar-refractivity contribution is -0.137. The van der Waals surface area contributed by atoms with Crippen LogP contribution in [0.4, 0.5) is 26.3 Å². The summed E-state index contributed by atoms with van der Waals surface area (Å²) < 4.78 is 91.4. The number of nitrogens with one attached hydrogen (secondary N) is 1. The lowest BCUT2D eigenvalue weighted by atomic mass is 9.93. The molecule has 0 spiro atoms. The molecule has 0 aromatic heterocycles. The van der Waals surface area contributed by atoms with Gasteiger partial charge < -0.3 is 24.8 Å². The Morgan fingerprint density at radius 2 is 1.65 bits per heavy atom. The van der Waals surface area contributed by atoms with Gasteiger partial charge in [0.1, 0.15) is 24.8 Å². The number of hydrogen-bond acceptors (Lipinski definition) is 5. The molecule has 0 unspecified atom stereocenters. The number of rotatable bonds is 10. The summed E-state index contributed by atoms with van der Waals surface area (Å²) in [5, 5.41) is 9.70. The first-order valence-corrected chi connectivity index (χ1v) is 14.5. The van der Waals surface area contributed by atoms with Crippen molar-refractivity contribution in [3.05, 3.63) is 99.3 Å². The molecule has 0 atom stereocenters. The number of nitrogens with zero attached hydrogens (tertiary/aromatic N) is 1. The minimum Gasteiger partial charge on any atom is -0.490 e. The molecule has 7 nitrogen and oxygen atoms in total. The highest BCUT2D eigenvalue weighted by Gasteiger charge is 2.38. The zero-order valence-corrected chi connectivity index (χ0v) is 24.9. The number of amides is 1. The zero-order chi connectivity index (χ0) is 33.4. The molecule has 2 aliphatic rings. The maximum Gasteiger partial charge on any atom is 0.417 e. The summed E-state index contributed by atoms with van der Waals surface area (Å²) in [6, 6.07) is 11.6. The van der Waals surface area contributed by atoms with Gasteiger partial charge in [0.05, 0.1) is 10.6 Å². The number of carbonyl (C=O) groups excluding carboxylic acids is 1. The Morgan fingerprint density at radius 3 is 2.26 bits per heavy atom.